The molecular formula is C14H19Cl2NO. The third kappa shape index (κ3) is 4.18. The van der Waals surface area contributed by atoms with Crippen LogP contribution in [0.25, 0.3) is 0 Å². The molecule has 0 aliphatic carbocycles. The normalized spacial score (nSPS) is 11.4. The zero-order valence-electron chi connectivity index (χ0n) is 11.0. The molecule has 0 saturated carbocycles. The van der Waals surface area contributed by atoms with Gasteiger partial charge in [0.25, 0.3) is 5.91 Å². The van der Waals surface area contributed by atoms with E-state index in [1.54, 1.807) is 18.2 Å². The average molecular weight is 288 g/mol. The highest BCUT2D eigenvalue weighted by atomic mass is 35.5. The number of rotatable bonds is 5. The molecule has 1 N–H and O–H groups in total. The number of alkyl halides is 1. The lowest BCUT2D eigenvalue weighted by Crippen LogP contribution is -2.34. The summed E-state index contributed by atoms with van der Waals surface area (Å²) < 4.78 is 0. The van der Waals surface area contributed by atoms with Gasteiger partial charge in [-0.3, -0.25) is 4.79 Å². The molecule has 2 nitrogen and oxygen atoms in total. The number of carbonyl (C=O) groups excluding carboxylic acids is 1. The smallest absolute Gasteiger partial charge is 0.251 e. The summed E-state index contributed by atoms with van der Waals surface area (Å²) in [5.74, 6) is 0.511. The van der Waals surface area contributed by atoms with Crippen LogP contribution < -0.4 is 5.32 Å². The first-order valence-corrected chi connectivity index (χ1v) is 6.88. The van der Waals surface area contributed by atoms with Gasteiger partial charge in [0, 0.05) is 23.0 Å². The van der Waals surface area contributed by atoms with Crippen molar-refractivity contribution in [1.29, 1.82) is 0 Å². The molecule has 0 radical (unpaired) electrons. The van der Waals surface area contributed by atoms with E-state index in [-0.39, 0.29) is 11.3 Å². The molecule has 0 atom stereocenters. The van der Waals surface area contributed by atoms with E-state index in [2.05, 4.69) is 19.2 Å². The van der Waals surface area contributed by atoms with Crippen LogP contribution in [0.15, 0.2) is 18.2 Å². The van der Waals surface area contributed by atoms with Crippen LogP contribution in [0.4, 0.5) is 0 Å². The van der Waals surface area contributed by atoms with Gasteiger partial charge in [-0.1, -0.05) is 31.5 Å². The fourth-order valence-corrected chi connectivity index (χ4v) is 2.30. The summed E-state index contributed by atoms with van der Waals surface area (Å²) in [5, 5.41) is 3.55. The Morgan fingerprint density at radius 2 is 2.06 bits per heavy atom. The van der Waals surface area contributed by atoms with Crippen molar-refractivity contribution in [3.8, 4) is 0 Å². The van der Waals surface area contributed by atoms with Gasteiger partial charge >= 0.3 is 0 Å². The summed E-state index contributed by atoms with van der Waals surface area (Å²) in [5.41, 5.74) is 1.44. The predicted molar refractivity (Wildman–Crippen MR) is 77.6 cm³/mol. The van der Waals surface area contributed by atoms with Gasteiger partial charge in [-0.05, 0) is 36.5 Å². The highest BCUT2D eigenvalue weighted by molar-refractivity contribution is 6.31. The van der Waals surface area contributed by atoms with Crippen LogP contribution in [0.2, 0.25) is 5.02 Å². The molecule has 0 spiro atoms. The quantitative estimate of drug-likeness (QED) is 0.814. The van der Waals surface area contributed by atoms with Crippen molar-refractivity contribution in [3.05, 3.63) is 34.3 Å². The number of hydrogen-bond donors (Lipinski definition) is 1. The van der Waals surface area contributed by atoms with Crippen molar-refractivity contribution in [2.75, 3.05) is 12.4 Å². The van der Waals surface area contributed by atoms with Crippen molar-refractivity contribution in [1.82, 2.24) is 5.32 Å². The predicted octanol–water partition coefficient (Wildman–Crippen LogP) is 4.03. The summed E-state index contributed by atoms with van der Waals surface area (Å²) in [6, 6.07) is 5.35. The second-order valence-corrected chi connectivity index (χ2v) is 5.98. The van der Waals surface area contributed by atoms with E-state index in [0.717, 1.165) is 12.0 Å². The van der Waals surface area contributed by atoms with Gasteiger partial charge in [-0.2, -0.15) is 0 Å². The van der Waals surface area contributed by atoms with E-state index in [4.69, 9.17) is 23.2 Å². The first kappa shape index (κ1) is 15.3. The van der Waals surface area contributed by atoms with Crippen LogP contribution in [0.5, 0.6) is 0 Å². The Morgan fingerprint density at radius 1 is 1.39 bits per heavy atom. The molecule has 1 aromatic carbocycles. The zero-order chi connectivity index (χ0) is 13.8. The monoisotopic (exact) mass is 287 g/mol. The fourth-order valence-electron chi connectivity index (χ4n) is 1.61. The number of carbonyl (C=O) groups is 1. The number of halogens is 2. The minimum atomic E-state index is -0.0855. The van der Waals surface area contributed by atoms with Gasteiger partial charge in [0.1, 0.15) is 0 Å². The van der Waals surface area contributed by atoms with Crippen molar-refractivity contribution >= 4 is 29.1 Å². The third-order valence-corrected chi connectivity index (χ3v) is 3.61. The van der Waals surface area contributed by atoms with Crippen LogP contribution in [0.1, 0.15) is 36.2 Å². The van der Waals surface area contributed by atoms with Gasteiger partial charge in [0.15, 0.2) is 0 Å². The summed E-state index contributed by atoms with van der Waals surface area (Å²) in [6.45, 7) is 6.62. The molecule has 100 valence electrons. The molecule has 0 aliphatic heterocycles. The summed E-state index contributed by atoms with van der Waals surface area (Å²) in [4.78, 5) is 12.1. The molecule has 1 rings (SSSR count). The van der Waals surface area contributed by atoms with E-state index in [9.17, 15) is 4.79 Å². The molecule has 1 aromatic rings. The van der Waals surface area contributed by atoms with Crippen LogP contribution in [-0.2, 0) is 0 Å². The van der Waals surface area contributed by atoms with Gasteiger partial charge in [-0.15, -0.1) is 11.6 Å². The number of nitrogens with one attached hydrogen (secondary N) is 1. The van der Waals surface area contributed by atoms with Crippen molar-refractivity contribution in [2.45, 2.75) is 27.2 Å². The molecule has 0 aromatic heterocycles. The topological polar surface area (TPSA) is 29.1 Å². The van der Waals surface area contributed by atoms with E-state index >= 15 is 0 Å². The Kier molecular flexibility index (Phi) is 5.48. The minimum Gasteiger partial charge on any atom is -0.351 e. The number of amides is 1. The average Bonchev–Trinajstić information content (AvgIpc) is 2.30. The Hall–Kier alpha value is -0.730. The summed E-state index contributed by atoms with van der Waals surface area (Å²) in [7, 11) is 0. The molecule has 0 aliphatic rings. The first-order chi connectivity index (χ1) is 8.37. The first-order valence-electron chi connectivity index (χ1n) is 5.97. The van der Waals surface area contributed by atoms with Crippen LogP contribution >= 0.6 is 23.2 Å². The maximum Gasteiger partial charge on any atom is 0.251 e. The molecule has 4 heteroatoms. The molecule has 0 saturated heterocycles. The maximum atomic E-state index is 12.1. The van der Waals surface area contributed by atoms with Crippen molar-refractivity contribution in [3.63, 3.8) is 0 Å². The van der Waals surface area contributed by atoms with Crippen molar-refractivity contribution < 1.29 is 4.79 Å². The Morgan fingerprint density at radius 3 is 2.67 bits per heavy atom. The molecule has 0 unspecified atom stereocenters. The Labute approximate surface area is 119 Å². The van der Waals surface area contributed by atoms with Crippen LogP contribution in [0.3, 0.4) is 0 Å². The second-order valence-electron chi connectivity index (χ2n) is 5.20. The molecule has 18 heavy (non-hydrogen) atoms. The largest absolute Gasteiger partial charge is 0.351 e. The fraction of sp³-hybridized carbons (Fsp3) is 0.500. The second kappa shape index (κ2) is 6.44. The lowest BCUT2D eigenvalue weighted by atomic mass is 9.90. The van der Waals surface area contributed by atoms with Gasteiger partial charge in [0.2, 0.25) is 0 Å². The Balaban J connectivity index is 2.69. The standard InChI is InChI=1S/C14H19Cl2NO/c1-10-11(5-4-6-12(10)16)13(18)17-9-14(2,3)7-8-15/h4-6H,7-9H2,1-3H3,(H,17,18). The van der Waals surface area contributed by atoms with E-state index in [1.807, 2.05) is 6.92 Å². The van der Waals surface area contributed by atoms with Crippen molar-refractivity contribution in [2.24, 2.45) is 5.41 Å². The SMILES string of the molecule is Cc1c(Cl)cccc1C(=O)NCC(C)(C)CCCl. The van der Waals surface area contributed by atoms with Crippen LogP contribution in [0, 0.1) is 12.3 Å². The minimum absolute atomic E-state index is 0.00386. The highest BCUT2D eigenvalue weighted by Gasteiger charge is 2.19. The number of hydrogen-bond acceptors (Lipinski definition) is 1. The molecule has 1 amide bonds. The van der Waals surface area contributed by atoms with E-state index in [0.29, 0.717) is 23.0 Å². The maximum absolute atomic E-state index is 12.1. The van der Waals surface area contributed by atoms with Gasteiger partial charge in [0.05, 0.1) is 0 Å². The lowest BCUT2D eigenvalue weighted by Gasteiger charge is -2.24. The Bertz CT molecular complexity index is 430. The summed E-state index contributed by atoms with van der Waals surface area (Å²) in [6.07, 6.45) is 0.864. The number of benzene rings is 1. The lowest BCUT2D eigenvalue weighted by molar-refractivity contribution is 0.0935. The van der Waals surface area contributed by atoms with E-state index < -0.39 is 0 Å². The van der Waals surface area contributed by atoms with E-state index in [1.165, 1.54) is 0 Å². The zero-order valence-corrected chi connectivity index (χ0v) is 12.5. The van der Waals surface area contributed by atoms with Gasteiger partial charge < -0.3 is 5.32 Å². The molecule has 0 bridgehead atoms. The van der Waals surface area contributed by atoms with Crippen LogP contribution in [-0.4, -0.2) is 18.3 Å². The summed E-state index contributed by atoms with van der Waals surface area (Å²) >= 11 is 11.7. The molecular weight excluding hydrogens is 269 g/mol. The highest BCUT2D eigenvalue weighted by Crippen LogP contribution is 2.21. The molecule has 0 fully saturated rings. The van der Waals surface area contributed by atoms with Gasteiger partial charge in [-0.25, -0.2) is 0 Å². The molecule has 0 heterocycles. The third-order valence-electron chi connectivity index (χ3n) is 3.01.